The van der Waals surface area contributed by atoms with Crippen LogP contribution in [0.2, 0.25) is 0 Å². The molecule has 2 unspecified atom stereocenters. The van der Waals surface area contributed by atoms with Gasteiger partial charge in [0.05, 0.1) is 0 Å². The highest BCUT2D eigenvalue weighted by atomic mass is 16.1. The lowest BCUT2D eigenvalue weighted by Gasteiger charge is -2.43. The molecule has 0 radical (unpaired) electrons. The molecule has 4 heteroatoms. The van der Waals surface area contributed by atoms with Gasteiger partial charge in [-0.05, 0) is 50.4 Å². The van der Waals surface area contributed by atoms with E-state index >= 15 is 0 Å². The van der Waals surface area contributed by atoms with Crippen LogP contribution in [-0.2, 0) is 4.79 Å². The van der Waals surface area contributed by atoms with E-state index in [4.69, 9.17) is 11.5 Å². The Kier molecular flexibility index (Phi) is 5.08. The van der Waals surface area contributed by atoms with Crippen LogP contribution in [0.4, 0.5) is 0 Å². The molecule has 0 aliphatic heterocycles. The van der Waals surface area contributed by atoms with Gasteiger partial charge in [-0.15, -0.1) is 0 Å². The first-order valence-electron chi connectivity index (χ1n) is 9.40. The maximum Gasteiger partial charge on any atom is 0.223 e. The normalized spacial score (nSPS) is 38.1. The van der Waals surface area contributed by atoms with Gasteiger partial charge in [0.25, 0.3) is 0 Å². The summed E-state index contributed by atoms with van der Waals surface area (Å²) in [4.78, 5) is 12.6. The Hall–Kier alpha value is -0.610. The lowest BCUT2D eigenvalue weighted by Crippen LogP contribution is -2.53. The molecule has 3 fully saturated rings. The van der Waals surface area contributed by atoms with Gasteiger partial charge in [-0.25, -0.2) is 0 Å². The minimum absolute atomic E-state index is 0.171. The fourth-order valence-electron chi connectivity index (χ4n) is 5.02. The number of nitrogens with one attached hydrogen (secondary N) is 1. The maximum absolute atomic E-state index is 12.6. The fraction of sp³-hybridized carbons (Fsp3) is 0.944. The molecule has 2 atom stereocenters. The Bertz CT molecular complexity index is 376. The number of carbonyl (C=O) groups excluding carboxylic acids is 1. The number of hydrogen-bond acceptors (Lipinski definition) is 3. The monoisotopic (exact) mass is 307 g/mol. The Morgan fingerprint density at radius 2 is 1.59 bits per heavy atom. The molecule has 2 bridgehead atoms. The van der Waals surface area contributed by atoms with E-state index in [1.807, 2.05) is 0 Å². The van der Waals surface area contributed by atoms with Crippen LogP contribution in [-0.4, -0.2) is 24.0 Å². The second-order valence-corrected chi connectivity index (χ2v) is 8.19. The van der Waals surface area contributed by atoms with Crippen molar-refractivity contribution in [2.45, 2.75) is 82.2 Å². The van der Waals surface area contributed by atoms with E-state index in [1.165, 1.54) is 44.9 Å². The molecule has 4 nitrogen and oxygen atoms in total. The van der Waals surface area contributed by atoms with E-state index in [2.05, 4.69) is 5.32 Å². The standard InChI is InChI=1S/C18H33N3O/c19-16-13-6-5-7-14(16)11-15(10-13)17(22)21-12-18(20)8-3-1-2-4-9-18/h13-16H,1-12,19-20H2,(H,21,22). The number of rotatable bonds is 3. The molecule has 126 valence electrons. The third-order valence-electron chi connectivity index (χ3n) is 6.50. The molecule has 1 amide bonds. The second kappa shape index (κ2) is 6.88. The average molecular weight is 307 g/mol. The van der Waals surface area contributed by atoms with Gasteiger partial charge in [0.1, 0.15) is 0 Å². The van der Waals surface area contributed by atoms with Crippen LogP contribution in [0.15, 0.2) is 0 Å². The van der Waals surface area contributed by atoms with Crippen LogP contribution in [0.3, 0.4) is 0 Å². The zero-order chi connectivity index (χ0) is 15.6. The maximum atomic E-state index is 12.6. The van der Waals surface area contributed by atoms with Gasteiger partial charge in [-0.3, -0.25) is 4.79 Å². The number of hydrogen-bond donors (Lipinski definition) is 3. The van der Waals surface area contributed by atoms with Gasteiger partial charge in [0.2, 0.25) is 5.91 Å². The summed E-state index contributed by atoms with van der Waals surface area (Å²) in [5.41, 5.74) is 12.7. The summed E-state index contributed by atoms with van der Waals surface area (Å²) in [5.74, 6) is 1.53. The zero-order valence-corrected chi connectivity index (χ0v) is 13.9. The molecular weight excluding hydrogens is 274 g/mol. The lowest BCUT2D eigenvalue weighted by atomic mass is 9.65. The Labute approximate surface area is 134 Å². The topological polar surface area (TPSA) is 81.1 Å². The largest absolute Gasteiger partial charge is 0.354 e. The molecule has 0 spiro atoms. The molecule has 0 saturated heterocycles. The smallest absolute Gasteiger partial charge is 0.223 e. The molecule has 22 heavy (non-hydrogen) atoms. The van der Waals surface area contributed by atoms with Crippen LogP contribution in [0.25, 0.3) is 0 Å². The second-order valence-electron chi connectivity index (χ2n) is 8.19. The minimum Gasteiger partial charge on any atom is -0.354 e. The molecule has 5 N–H and O–H groups in total. The molecule has 0 heterocycles. The van der Waals surface area contributed by atoms with Gasteiger partial charge in [0, 0.05) is 24.0 Å². The zero-order valence-electron chi connectivity index (χ0n) is 13.9. The van der Waals surface area contributed by atoms with Crippen molar-refractivity contribution < 1.29 is 4.79 Å². The third-order valence-corrected chi connectivity index (χ3v) is 6.50. The summed E-state index contributed by atoms with van der Waals surface area (Å²) >= 11 is 0. The summed E-state index contributed by atoms with van der Waals surface area (Å²) < 4.78 is 0. The molecular formula is C18H33N3O. The first kappa shape index (κ1) is 16.3. The van der Waals surface area contributed by atoms with E-state index < -0.39 is 0 Å². The van der Waals surface area contributed by atoms with Crippen molar-refractivity contribution in [1.82, 2.24) is 5.32 Å². The van der Waals surface area contributed by atoms with Crippen molar-refractivity contribution in [2.24, 2.45) is 29.2 Å². The molecule has 3 aliphatic carbocycles. The predicted molar refractivity (Wildman–Crippen MR) is 89.2 cm³/mol. The third kappa shape index (κ3) is 3.65. The highest BCUT2D eigenvalue weighted by molar-refractivity contribution is 5.79. The van der Waals surface area contributed by atoms with Crippen molar-refractivity contribution in [2.75, 3.05) is 6.54 Å². The molecule has 0 aromatic rings. The number of nitrogens with two attached hydrogens (primary N) is 2. The van der Waals surface area contributed by atoms with Crippen molar-refractivity contribution in [3.63, 3.8) is 0 Å². The van der Waals surface area contributed by atoms with Gasteiger partial charge in [-0.2, -0.15) is 0 Å². The van der Waals surface area contributed by atoms with Gasteiger partial charge in [0.15, 0.2) is 0 Å². The Morgan fingerprint density at radius 1 is 1.00 bits per heavy atom. The fourth-order valence-corrected chi connectivity index (χ4v) is 5.02. The van der Waals surface area contributed by atoms with E-state index in [0.717, 1.165) is 25.7 Å². The number of amides is 1. The SMILES string of the molecule is NC1C2CCCC1CC(C(=O)NCC1(N)CCCCCC1)C2. The predicted octanol–water partition coefficient (Wildman–Crippen LogP) is 2.31. The molecule has 0 aromatic heterocycles. The highest BCUT2D eigenvalue weighted by Crippen LogP contribution is 2.41. The van der Waals surface area contributed by atoms with E-state index in [0.29, 0.717) is 24.4 Å². The molecule has 3 saturated carbocycles. The molecule has 3 rings (SSSR count). The van der Waals surface area contributed by atoms with Crippen molar-refractivity contribution in [3.05, 3.63) is 0 Å². The minimum atomic E-state index is -0.174. The van der Waals surface area contributed by atoms with E-state index in [-0.39, 0.29) is 17.4 Å². The molecule has 0 aromatic carbocycles. The Balaban J connectivity index is 1.51. The van der Waals surface area contributed by atoms with Gasteiger partial charge in [-0.1, -0.05) is 32.1 Å². The van der Waals surface area contributed by atoms with Crippen molar-refractivity contribution in [1.29, 1.82) is 0 Å². The summed E-state index contributed by atoms with van der Waals surface area (Å²) in [6, 6.07) is 0.334. The van der Waals surface area contributed by atoms with E-state index in [1.54, 1.807) is 0 Å². The molecule has 3 aliphatic rings. The number of carbonyl (C=O) groups is 1. The van der Waals surface area contributed by atoms with Crippen LogP contribution in [0.1, 0.15) is 70.6 Å². The lowest BCUT2D eigenvalue weighted by molar-refractivity contribution is -0.128. The summed E-state index contributed by atoms with van der Waals surface area (Å²) in [5, 5.41) is 3.19. The quantitative estimate of drug-likeness (QED) is 0.700. The number of fused-ring (bicyclic) bond motifs is 2. The van der Waals surface area contributed by atoms with Gasteiger partial charge < -0.3 is 16.8 Å². The summed E-state index contributed by atoms with van der Waals surface area (Å²) in [7, 11) is 0. The summed E-state index contributed by atoms with van der Waals surface area (Å²) in [6.45, 7) is 0.656. The average Bonchev–Trinajstić information content (AvgIpc) is 2.70. The Morgan fingerprint density at radius 3 is 2.18 bits per heavy atom. The van der Waals surface area contributed by atoms with Gasteiger partial charge >= 0.3 is 0 Å². The van der Waals surface area contributed by atoms with Crippen LogP contribution < -0.4 is 16.8 Å². The van der Waals surface area contributed by atoms with Crippen LogP contribution >= 0.6 is 0 Å². The van der Waals surface area contributed by atoms with E-state index in [9.17, 15) is 4.79 Å². The first-order chi connectivity index (χ1) is 10.6. The summed E-state index contributed by atoms with van der Waals surface area (Å²) in [6.07, 6.45) is 12.8. The first-order valence-corrected chi connectivity index (χ1v) is 9.40. The highest BCUT2D eigenvalue weighted by Gasteiger charge is 2.40. The van der Waals surface area contributed by atoms with Crippen molar-refractivity contribution >= 4 is 5.91 Å². The van der Waals surface area contributed by atoms with Crippen molar-refractivity contribution in [3.8, 4) is 0 Å². The van der Waals surface area contributed by atoms with Crippen LogP contribution in [0, 0.1) is 17.8 Å². The van der Waals surface area contributed by atoms with Crippen LogP contribution in [0.5, 0.6) is 0 Å².